The standard InChI is InChI=1S/C12H12Cl2N4OS/c1-20(19)6-7-4-8(2-3-9(7)13)16-11-5-10(14)17-12(15)18-11/h2-5H,6H2,1H3,(H3,15,16,17,18). The topological polar surface area (TPSA) is 80.9 Å². The molecule has 0 radical (unpaired) electrons. The van der Waals surface area contributed by atoms with E-state index in [1.165, 1.54) is 0 Å². The fourth-order valence-electron chi connectivity index (χ4n) is 1.63. The zero-order valence-electron chi connectivity index (χ0n) is 10.6. The van der Waals surface area contributed by atoms with Gasteiger partial charge in [-0.1, -0.05) is 23.2 Å². The maximum Gasteiger partial charge on any atom is 0.223 e. The summed E-state index contributed by atoms with van der Waals surface area (Å²) in [4.78, 5) is 7.80. The van der Waals surface area contributed by atoms with Crippen molar-refractivity contribution in [2.75, 3.05) is 17.3 Å². The number of aromatic nitrogens is 2. The molecule has 20 heavy (non-hydrogen) atoms. The molecule has 1 aromatic carbocycles. The minimum atomic E-state index is -0.968. The molecule has 0 aliphatic carbocycles. The Hall–Kier alpha value is -1.37. The van der Waals surface area contributed by atoms with Crippen molar-refractivity contribution in [3.63, 3.8) is 0 Å². The van der Waals surface area contributed by atoms with Crippen LogP contribution in [0.1, 0.15) is 5.56 Å². The molecule has 8 heteroatoms. The zero-order valence-corrected chi connectivity index (χ0v) is 12.9. The summed E-state index contributed by atoms with van der Waals surface area (Å²) in [6.45, 7) is 0. The van der Waals surface area contributed by atoms with Crippen LogP contribution in [0.5, 0.6) is 0 Å². The van der Waals surface area contributed by atoms with Crippen molar-refractivity contribution >= 4 is 51.5 Å². The average molecular weight is 331 g/mol. The van der Waals surface area contributed by atoms with Crippen molar-refractivity contribution in [2.24, 2.45) is 0 Å². The number of nitrogens with one attached hydrogen (secondary N) is 1. The highest BCUT2D eigenvalue weighted by Crippen LogP contribution is 2.24. The molecule has 2 aromatic rings. The lowest BCUT2D eigenvalue weighted by molar-refractivity contribution is 0.686. The van der Waals surface area contributed by atoms with E-state index in [0.717, 1.165) is 11.3 Å². The van der Waals surface area contributed by atoms with Gasteiger partial charge in [0.2, 0.25) is 5.95 Å². The molecule has 3 N–H and O–H groups in total. The van der Waals surface area contributed by atoms with Crippen molar-refractivity contribution in [2.45, 2.75) is 5.75 Å². The van der Waals surface area contributed by atoms with E-state index in [-0.39, 0.29) is 11.1 Å². The summed E-state index contributed by atoms with van der Waals surface area (Å²) in [5.41, 5.74) is 7.08. The molecule has 0 bridgehead atoms. The molecule has 1 aromatic heterocycles. The van der Waals surface area contributed by atoms with Crippen LogP contribution in [0.3, 0.4) is 0 Å². The number of hydrogen-bond acceptors (Lipinski definition) is 5. The number of nitrogen functional groups attached to an aromatic ring is 1. The lowest BCUT2D eigenvalue weighted by Crippen LogP contribution is -2.01. The Morgan fingerprint density at radius 2 is 2.05 bits per heavy atom. The van der Waals surface area contributed by atoms with Gasteiger partial charge in [0, 0.05) is 39.6 Å². The molecule has 106 valence electrons. The molecule has 0 saturated carbocycles. The lowest BCUT2D eigenvalue weighted by Gasteiger charge is -2.09. The van der Waals surface area contributed by atoms with Crippen LogP contribution in [0, 0.1) is 0 Å². The Kier molecular flexibility index (Phi) is 4.80. The van der Waals surface area contributed by atoms with E-state index in [2.05, 4.69) is 15.3 Å². The van der Waals surface area contributed by atoms with Gasteiger partial charge in [0.15, 0.2) is 0 Å². The summed E-state index contributed by atoms with van der Waals surface area (Å²) in [7, 11) is -0.968. The third-order valence-electron chi connectivity index (χ3n) is 2.39. The molecule has 1 unspecified atom stereocenters. The van der Waals surface area contributed by atoms with Gasteiger partial charge < -0.3 is 11.1 Å². The number of rotatable bonds is 4. The smallest absolute Gasteiger partial charge is 0.223 e. The van der Waals surface area contributed by atoms with Gasteiger partial charge in [-0.15, -0.1) is 0 Å². The molecular weight excluding hydrogens is 319 g/mol. The van der Waals surface area contributed by atoms with Crippen LogP contribution in [0.2, 0.25) is 10.2 Å². The van der Waals surface area contributed by atoms with Gasteiger partial charge in [-0.25, -0.2) is 4.98 Å². The maximum absolute atomic E-state index is 11.3. The molecule has 2 rings (SSSR count). The first kappa shape index (κ1) is 15.0. The minimum Gasteiger partial charge on any atom is -0.368 e. The highest BCUT2D eigenvalue weighted by atomic mass is 35.5. The predicted octanol–water partition coefficient (Wildman–Crippen LogP) is 2.99. The summed E-state index contributed by atoms with van der Waals surface area (Å²) < 4.78 is 11.3. The fourth-order valence-corrected chi connectivity index (χ4v) is 2.76. The highest BCUT2D eigenvalue weighted by Gasteiger charge is 2.06. The van der Waals surface area contributed by atoms with Crippen LogP contribution in [0.4, 0.5) is 17.5 Å². The van der Waals surface area contributed by atoms with Gasteiger partial charge in [-0.3, -0.25) is 4.21 Å². The molecule has 0 aliphatic rings. The van der Waals surface area contributed by atoms with Gasteiger partial charge in [0.05, 0.1) is 0 Å². The third kappa shape index (κ3) is 4.06. The largest absolute Gasteiger partial charge is 0.368 e. The molecule has 0 fully saturated rings. The lowest BCUT2D eigenvalue weighted by atomic mass is 10.2. The van der Waals surface area contributed by atoms with Gasteiger partial charge >= 0.3 is 0 Å². The fraction of sp³-hybridized carbons (Fsp3) is 0.167. The third-order valence-corrected chi connectivity index (χ3v) is 3.67. The molecular formula is C12H12Cl2N4OS. The minimum absolute atomic E-state index is 0.0869. The number of anilines is 3. The molecule has 0 spiro atoms. The van der Waals surface area contributed by atoms with E-state index in [4.69, 9.17) is 28.9 Å². The van der Waals surface area contributed by atoms with Crippen molar-refractivity contribution in [1.82, 2.24) is 9.97 Å². The van der Waals surface area contributed by atoms with E-state index < -0.39 is 10.8 Å². The van der Waals surface area contributed by atoms with Crippen LogP contribution in [0.25, 0.3) is 0 Å². The first-order chi connectivity index (χ1) is 9.44. The van der Waals surface area contributed by atoms with Crippen molar-refractivity contribution in [3.05, 3.63) is 40.0 Å². The van der Waals surface area contributed by atoms with Gasteiger partial charge in [-0.2, -0.15) is 4.98 Å². The molecule has 0 aliphatic heterocycles. The number of benzene rings is 1. The second kappa shape index (κ2) is 6.39. The Balaban J connectivity index is 2.27. The Bertz CT molecular complexity index is 646. The van der Waals surface area contributed by atoms with Crippen molar-refractivity contribution < 1.29 is 4.21 Å². The monoisotopic (exact) mass is 330 g/mol. The average Bonchev–Trinajstić information content (AvgIpc) is 2.31. The van der Waals surface area contributed by atoms with Crippen molar-refractivity contribution in [3.8, 4) is 0 Å². The van der Waals surface area contributed by atoms with Gasteiger partial charge in [0.1, 0.15) is 11.0 Å². The SMILES string of the molecule is CS(=O)Cc1cc(Nc2cc(Cl)nc(N)n2)ccc1Cl. The first-order valence-corrected chi connectivity index (χ1v) is 8.08. The zero-order chi connectivity index (χ0) is 14.7. The Morgan fingerprint density at radius 1 is 1.30 bits per heavy atom. The van der Waals surface area contributed by atoms with E-state index >= 15 is 0 Å². The maximum atomic E-state index is 11.3. The summed E-state index contributed by atoms with van der Waals surface area (Å²) >= 11 is 11.9. The number of nitrogens with zero attached hydrogens (tertiary/aromatic N) is 2. The van der Waals surface area contributed by atoms with E-state index in [1.807, 2.05) is 6.07 Å². The Labute approximate surface area is 129 Å². The number of nitrogens with two attached hydrogens (primary N) is 1. The summed E-state index contributed by atoms with van der Waals surface area (Å²) in [5.74, 6) is 0.957. The van der Waals surface area contributed by atoms with Crippen LogP contribution in [-0.4, -0.2) is 20.4 Å². The normalized spacial score (nSPS) is 12.2. The second-order valence-corrected chi connectivity index (χ2v) is 6.31. The van der Waals surface area contributed by atoms with E-state index in [0.29, 0.717) is 16.6 Å². The predicted molar refractivity (Wildman–Crippen MR) is 84.0 cm³/mol. The summed E-state index contributed by atoms with van der Waals surface area (Å²) in [5, 5.41) is 3.88. The number of halogens is 2. The van der Waals surface area contributed by atoms with Crippen LogP contribution >= 0.6 is 23.2 Å². The molecule has 1 atom stereocenters. The molecule has 5 nitrogen and oxygen atoms in total. The Morgan fingerprint density at radius 3 is 2.70 bits per heavy atom. The van der Waals surface area contributed by atoms with Crippen LogP contribution in [-0.2, 0) is 16.6 Å². The van der Waals surface area contributed by atoms with Crippen molar-refractivity contribution in [1.29, 1.82) is 0 Å². The first-order valence-electron chi connectivity index (χ1n) is 5.59. The summed E-state index contributed by atoms with van der Waals surface area (Å²) in [6.07, 6.45) is 1.63. The molecule has 1 heterocycles. The van der Waals surface area contributed by atoms with Crippen LogP contribution in [0.15, 0.2) is 24.3 Å². The molecule has 0 saturated heterocycles. The molecule has 0 amide bonds. The highest BCUT2D eigenvalue weighted by molar-refractivity contribution is 7.83. The quantitative estimate of drug-likeness (QED) is 0.842. The van der Waals surface area contributed by atoms with Gasteiger partial charge in [-0.05, 0) is 23.8 Å². The summed E-state index contributed by atoms with van der Waals surface area (Å²) in [6, 6.07) is 6.90. The van der Waals surface area contributed by atoms with E-state index in [1.54, 1.807) is 24.5 Å². The second-order valence-electron chi connectivity index (χ2n) is 4.08. The number of hydrogen-bond donors (Lipinski definition) is 2. The van der Waals surface area contributed by atoms with Gasteiger partial charge in [0.25, 0.3) is 0 Å². The van der Waals surface area contributed by atoms with E-state index in [9.17, 15) is 4.21 Å². The van der Waals surface area contributed by atoms with Crippen LogP contribution < -0.4 is 11.1 Å².